The van der Waals surface area contributed by atoms with E-state index in [0.29, 0.717) is 25.5 Å². The molecule has 4 N–H and O–H groups in total. The molecule has 0 saturated carbocycles. The van der Waals surface area contributed by atoms with Crippen LogP contribution in [0.2, 0.25) is 0 Å². The minimum Gasteiger partial charge on any atom is -0.393 e. The molecule has 0 saturated heterocycles. The molecule has 1 rings (SSSR count). The molecule has 0 amide bonds. The molecule has 2 atom stereocenters. The van der Waals surface area contributed by atoms with E-state index in [4.69, 9.17) is 5.73 Å². The maximum Gasteiger partial charge on any atom is 0.188 e. The molecule has 4 nitrogen and oxygen atoms in total. The Morgan fingerprint density at radius 2 is 2.05 bits per heavy atom. The zero-order chi connectivity index (χ0) is 15.0. The van der Waals surface area contributed by atoms with E-state index in [1.165, 1.54) is 5.56 Å². The lowest BCUT2D eigenvalue weighted by molar-refractivity contribution is 0.175. The third-order valence-electron chi connectivity index (χ3n) is 2.95. The molecule has 0 aromatic heterocycles. The zero-order valence-corrected chi connectivity index (χ0v) is 12.3. The van der Waals surface area contributed by atoms with Gasteiger partial charge in [0, 0.05) is 19.0 Å². The Morgan fingerprint density at radius 1 is 1.40 bits per heavy atom. The molecule has 0 radical (unpaired) electrons. The molecule has 0 aliphatic rings. The van der Waals surface area contributed by atoms with Crippen LogP contribution in [0, 0.1) is 0 Å². The van der Waals surface area contributed by atoms with Crippen molar-refractivity contribution in [1.82, 2.24) is 5.32 Å². The van der Waals surface area contributed by atoms with E-state index in [-0.39, 0.29) is 12.0 Å². The van der Waals surface area contributed by atoms with Gasteiger partial charge in [0.1, 0.15) is 0 Å². The van der Waals surface area contributed by atoms with Crippen LogP contribution in [-0.4, -0.2) is 30.3 Å². The van der Waals surface area contributed by atoms with Crippen LogP contribution in [0.1, 0.15) is 31.7 Å². The number of hydrogen-bond donors (Lipinski definition) is 3. The summed E-state index contributed by atoms with van der Waals surface area (Å²) in [6.07, 6.45) is 0.307. The fourth-order valence-corrected chi connectivity index (χ4v) is 1.96. The second-order valence-corrected chi connectivity index (χ2v) is 5.23. The summed E-state index contributed by atoms with van der Waals surface area (Å²) in [6, 6.07) is 10.1. The van der Waals surface area contributed by atoms with Gasteiger partial charge in [-0.25, -0.2) is 0 Å². The van der Waals surface area contributed by atoms with Crippen LogP contribution in [-0.2, 0) is 0 Å². The van der Waals surface area contributed by atoms with Crippen LogP contribution >= 0.6 is 0 Å². The van der Waals surface area contributed by atoms with Crippen LogP contribution in [0.15, 0.2) is 47.5 Å². The minimum absolute atomic E-state index is 0.168. The highest BCUT2D eigenvalue weighted by atomic mass is 16.3. The van der Waals surface area contributed by atoms with Gasteiger partial charge in [-0.1, -0.05) is 42.5 Å². The Balaban J connectivity index is 2.66. The molecule has 0 bridgehead atoms. The van der Waals surface area contributed by atoms with Crippen molar-refractivity contribution < 1.29 is 5.11 Å². The summed E-state index contributed by atoms with van der Waals surface area (Å²) >= 11 is 0. The number of aliphatic hydroxyl groups excluding tert-OH is 1. The molecule has 0 fully saturated rings. The summed E-state index contributed by atoms with van der Waals surface area (Å²) in [5.74, 6) is 0.584. The van der Waals surface area contributed by atoms with E-state index < -0.39 is 0 Å². The lowest BCUT2D eigenvalue weighted by Gasteiger charge is -2.17. The predicted octanol–water partition coefficient (Wildman–Crippen LogP) is 2.02. The van der Waals surface area contributed by atoms with Crippen molar-refractivity contribution >= 4 is 5.96 Å². The normalized spacial score (nSPS) is 14.7. The third kappa shape index (κ3) is 6.38. The Hall–Kier alpha value is -1.81. The lowest BCUT2D eigenvalue weighted by atomic mass is 9.93. The van der Waals surface area contributed by atoms with Gasteiger partial charge < -0.3 is 16.2 Å². The van der Waals surface area contributed by atoms with Gasteiger partial charge in [0.05, 0.1) is 6.10 Å². The Bertz CT molecular complexity index is 440. The van der Waals surface area contributed by atoms with Crippen molar-refractivity contribution in [2.75, 3.05) is 13.1 Å². The van der Waals surface area contributed by atoms with Crippen molar-refractivity contribution in [3.63, 3.8) is 0 Å². The highest BCUT2D eigenvalue weighted by molar-refractivity contribution is 5.78. The third-order valence-corrected chi connectivity index (χ3v) is 2.95. The molecule has 0 aliphatic carbocycles. The number of nitrogens with zero attached hydrogens (tertiary/aromatic N) is 1. The van der Waals surface area contributed by atoms with Gasteiger partial charge in [0.25, 0.3) is 0 Å². The molecule has 20 heavy (non-hydrogen) atoms. The van der Waals surface area contributed by atoms with Crippen molar-refractivity contribution in [2.24, 2.45) is 10.7 Å². The van der Waals surface area contributed by atoms with Crippen molar-refractivity contribution in [3.05, 3.63) is 48.0 Å². The van der Waals surface area contributed by atoms with E-state index in [1.807, 2.05) is 25.1 Å². The van der Waals surface area contributed by atoms with Gasteiger partial charge in [0.2, 0.25) is 0 Å². The summed E-state index contributed by atoms with van der Waals surface area (Å²) in [5.41, 5.74) is 7.99. The van der Waals surface area contributed by atoms with Gasteiger partial charge in [-0.3, -0.25) is 4.99 Å². The Labute approximate surface area is 121 Å². The van der Waals surface area contributed by atoms with E-state index in [1.54, 1.807) is 6.92 Å². The molecule has 110 valence electrons. The van der Waals surface area contributed by atoms with E-state index in [2.05, 4.69) is 29.0 Å². The summed E-state index contributed by atoms with van der Waals surface area (Å²) in [7, 11) is 0. The van der Waals surface area contributed by atoms with Crippen molar-refractivity contribution in [1.29, 1.82) is 0 Å². The fraction of sp³-hybridized carbons (Fsp3) is 0.438. The first-order chi connectivity index (χ1) is 9.49. The number of aliphatic imine (C=N–C) groups is 1. The topological polar surface area (TPSA) is 70.6 Å². The molecule has 2 unspecified atom stereocenters. The number of aliphatic hydroxyl groups is 1. The molecule has 0 heterocycles. The first-order valence-corrected chi connectivity index (χ1v) is 6.90. The van der Waals surface area contributed by atoms with Crippen LogP contribution in [0.3, 0.4) is 0 Å². The molecular formula is C16H25N3O. The number of benzene rings is 1. The van der Waals surface area contributed by atoms with Crippen molar-refractivity contribution in [3.8, 4) is 0 Å². The lowest BCUT2D eigenvalue weighted by Crippen LogP contribution is -2.33. The van der Waals surface area contributed by atoms with Crippen LogP contribution in [0.5, 0.6) is 0 Å². The van der Waals surface area contributed by atoms with Gasteiger partial charge in [-0.2, -0.15) is 0 Å². The van der Waals surface area contributed by atoms with Crippen molar-refractivity contribution in [2.45, 2.75) is 32.3 Å². The van der Waals surface area contributed by atoms with Gasteiger partial charge in [-0.15, -0.1) is 0 Å². The largest absolute Gasteiger partial charge is 0.393 e. The standard InChI is InChI=1S/C16H25N3O/c1-12(2)10-18-16(17)19-11-15(9-13(3)20)14-7-5-4-6-8-14/h4-8,13,15,20H,1,9-11H2,2-3H3,(H3,17,18,19). The number of nitrogens with two attached hydrogens (primary N) is 1. The Morgan fingerprint density at radius 3 is 2.60 bits per heavy atom. The second-order valence-electron chi connectivity index (χ2n) is 5.23. The average Bonchev–Trinajstić information content (AvgIpc) is 2.41. The fourth-order valence-electron chi connectivity index (χ4n) is 1.96. The molecule has 1 aromatic carbocycles. The summed E-state index contributed by atoms with van der Waals surface area (Å²) in [5, 5.41) is 12.6. The maximum absolute atomic E-state index is 9.62. The molecule has 1 aromatic rings. The highest BCUT2D eigenvalue weighted by Gasteiger charge is 2.13. The number of guanidine groups is 1. The van der Waals surface area contributed by atoms with E-state index >= 15 is 0 Å². The molecule has 4 heteroatoms. The van der Waals surface area contributed by atoms with E-state index in [9.17, 15) is 5.11 Å². The number of rotatable bonds is 7. The van der Waals surface area contributed by atoms with Crippen LogP contribution in [0.25, 0.3) is 0 Å². The zero-order valence-electron chi connectivity index (χ0n) is 12.3. The van der Waals surface area contributed by atoms with E-state index in [0.717, 1.165) is 5.57 Å². The van der Waals surface area contributed by atoms with Gasteiger partial charge >= 0.3 is 0 Å². The molecular weight excluding hydrogens is 250 g/mol. The van der Waals surface area contributed by atoms with Crippen LogP contribution < -0.4 is 11.1 Å². The summed E-state index contributed by atoms with van der Waals surface area (Å²) in [6.45, 7) is 8.71. The van der Waals surface area contributed by atoms with Gasteiger partial charge in [-0.05, 0) is 25.8 Å². The Kier molecular flexibility index (Phi) is 6.81. The first kappa shape index (κ1) is 16.2. The second kappa shape index (κ2) is 8.38. The minimum atomic E-state index is -0.361. The smallest absolute Gasteiger partial charge is 0.188 e. The maximum atomic E-state index is 9.62. The monoisotopic (exact) mass is 275 g/mol. The first-order valence-electron chi connectivity index (χ1n) is 6.90. The number of hydrogen-bond acceptors (Lipinski definition) is 2. The SMILES string of the molecule is C=C(C)CNC(N)=NCC(CC(C)O)c1ccccc1. The average molecular weight is 275 g/mol. The molecule has 0 aliphatic heterocycles. The summed E-state index contributed by atoms with van der Waals surface area (Å²) < 4.78 is 0. The summed E-state index contributed by atoms with van der Waals surface area (Å²) in [4.78, 5) is 4.36. The van der Waals surface area contributed by atoms with Crippen LogP contribution in [0.4, 0.5) is 0 Å². The highest BCUT2D eigenvalue weighted by Crippen LogP contribution is 2.21. The number of nitrogens with one attached hydrogen (secondary N) is 1. The predicted molar refractivity (Wildman–Crippen MR) is 84.8 cm³/mol. The molecule has 0 spiro atoms. The quantitative estimate of drug-likeness (QED) is 0.405. The van der Waals surface area contributed by atoms with Gasteiger partial charge in [0.15, 0.2) is 5.96 Å².